The molecule has 2 amide bonds. The third-order valence-electron chi connectivity index (χ3n) is 4.18. The number of nitrogens with zero attached hydrogens (tertiary/aromatic N) is 2. The Morgan fingerprint density at radius 2 is 2.17 bits per heavy atom. The number of piperazine rings is 1. The van der Waals surface area contributed by atoms with Gasteiger partial charge in [0, 0.05) is 19.1 Å². The second-order valence-electron chi connectivity index (χ2n) is 5.87. The van der Waals surface area contributed by atoms with Gasteiger partial charge in [-0.2, -0.15) is 18.4 Å². The Balaban J connectivity index is 2.56. The summed E-state index contributed by atoms with van der Waals surface area (Å²) >= 11 is 0. The van der Waals surface area contributed by atoms with Crippen LogP contribution in [0.3, 0.4) is 0 Å². The van der Waals surface area contributed by atoms with Crippen molar-refractivity contribution in [3.05, 3.63) is 34.9 Å². The molecule has 1 aliphatic rings. The summed E-state index contributed by atoms with van der Waals surface area (Å²) in [5.41, 5.74) is 3.20. The number of carbonyl (C=O) groups excluding carboxylic acids is 1. The molecule has 1 aliphatic heterocycles. The molecule has 1 aromatic carbocycles. The molecule has 0 aromatic heterocycles. The standard InChI is InChI=1S/C15H17F3N4O/c1-9-7-22(13(20)23)14(2,8-21-9)11-4-3-10(6-19)12(5-11)15(16,17)18/h3-5,9,21H,7-8H2,1-2H3,(H2,20,23). The molecule has 8 heteroatoms. The molecule has 2 atom stereocenters. The number of hydrogen-bond donors (Lipinski definition) is 2. The number of alkyl halides is 3. The molecule has 124 valence electrons. The second kappa shape index (κ2) is 5.74. The minimum Gasteiger partial charge on any atom is -0.351 e. The van der Waals surface area contributed by atoms with Crippen LogP contribution in [-0.4, -0.2) is 30.1 Å². The van der Waals surface area contributed by atoms with Gasteiger partial charge in [0.05, 0.1) is 22.7 Å². The zero-order valence-electron chi connectivity index (χ0n) is 12.7. The summed E-state index contributed by atoms with van der Waals surface area (Å²) in [5.74, 6) is 0. The van der Waals surface area contributed by atoms with Crippen LogP contribution in [0.4, 0.5) is 18.0 Å². The van der Waals surface area contributed by atoms with Crippen molar-refractivity contribution in [2.24, 2.45) is 5.73 Å². The number of rotatable bonds is 1. The minimum absolute atomic E-state index is 0.0176. The van der Waals surface area contributed by atoms with Crippen LogP contribution in [0.5, 0.6) is 0 Å². The molecule has 3 N–H and O–H groups in total. The number of primary amides is 1. The molecule has 0 aliphatic carbocycles. The van der Waals surface area contributed by atoms with Gasteiger partial charge in [0.25, 0.3) is 0 Å². The Morgan fingerprint density at radius 3 is 2.70 bits per heavy atom. The first-order chi connectivity index (χ1) is 10.6. The maximum Gasteiger partial charge on any atom is 0.417 e. The van der Waals surface area contributed by atoms with Crippen LogP contribution in [-0.2, 0) is 11.7 Å². The van der Waals surface area contributed by atoms with E-state index in [1.165, 1.54) is 11.0 Å². The molecule has 1 fully saturated rings. The van der Waals surface area contributed by atoms with Crippen molar-refractivity contribution in [2.75, 3.05) is 13.1 Å². The van der Waals surface area contributed by atoms with E-state index in [1.54, 1.807) is 13.0 Å². The number of urea groups is 1. The van der Waals surface area contributed by atoms with E-state index in [0.717, 1.165) is 12.1 Å². The fourth-order valence-corrected chi connectivity index (χ4v) is 2.81. The molecule has 0 bridgehead atoms. The summed E-state index contributed by atoms with van der Waals surface area (Å²) in [6.45, 7) is 4.06. The predicted molar refractivity (Wildman–Crippen MR) is 77.3 cm³/mol. The highest BCUT2D eigenvalue weighted by Crippen LogP contribution is 2.37. The van der Waals surface area contributed by atoms with Gasteiger partial charge in [-0.05, 0) is 31.5 Å². The van der Waals surface area contributed by atoms with E-state index >= 15 is 0 Å². The Labute approximate surface area is 131 Å². The average molecular weight is 326 g/mol. The first-order valence-corrected chi connectivity index (χ1v) is 7.02. The average Bonchev–Trinajstić information content (AvgIpc) is 2.48. The molecule has 23 heavy (non-hydrogen) atoms. The van der Waals surface area contributed by atoms with Crippen LogP contribution < -0.4 is 11.1 Å². The van der Waals surface area contributed by atoms with Gasteiger partial charge in [-0.15, -0.1) is 0 Å². The topological polar surface area (TPSA) is 82.2 Å². The monoisotopic (exact) mass is 326 g/mol. The summed E-state index contributed by atoms with van der Waals surface area (Å²) in [5, 5.41) is 12.0. The van der Waals surface area contributed by atoms with Crippen molar-refractivity contribution >= 4 is 6.03 Å². The number of carbonyl (C=O) groups is 1. The third kappa shape index (κ3) is 3.10. The summed E-state index contributed by atoms with van der Waals surface area (Å²) in [6, 6.07) is 4.31. The lowest BCUT2D eigenvalue weighted by Gasteiger charge is -2.47. The smallest absolute Gasteiger partial charge is 0.351 e. The second-order valence-corrected chi connectivity index (χ2v) is 5.87. The highest BCUT2D eigenvalue weighted by atomic mass is 19.4. The fraction of sp³-hybridized carbons (Fsp3) is 0.467. The number of amides is 2. The van der Waals surface area contributed by atoms with E-state index < -0.39 is 28.9 Å². The largest absolute Gasteiger partial charge is 0.417 e. The van der Waals surface area contributed by atoms with Gasteiger partial charge in [0.1, 0.15) is 0 Å². The summed E-state index contributed by atoms with van der Waals surface area (Å²) in [6.07, 6.45) is -4.65. The molecule has 2 rings (SSSR count). The Bertz CT molecular complexity index is 668. The highest BCUT2D eigenvalue weighted by molar-refractivity contribution is 5.73. The van der Waals surface area contributed by atoms with E-state index in [-0.39, 0.29) is 24.7 Å². The van der Waals surface area contributed by atoms with Crippen molar-refractivity contribution in [3.8, 4) is 6.07 Å². The molecule has 0 radical (unpaired) electrons. The third-order valence-corrected chi connectivity index (χ3v) is 4.18. The first kappa shape index (κ1) is 17.1. The number of hydrogen-bond acceptors (Lipinski definition) is 3. The van der Waals surface area contributed by atoms with E-state index in [1.807, 2.05) is 6.92 Å². The summed E-state index contributed by atoms with van der Waals surface area (Å²) in [7, 11) is 0. The molecule has 1 heterocycles. The highest BCUT2D eigenvalue weighted by Gasteiger charge is 2.42. The van der Waals surface area contributed by atoms with Gasteiger partial charge >= 0.3 is 12.2 Å². The Hall–Kier alpha value is -2.27. The molecule has 0 spiro atoms. The van der Waals surface area contributed by atoms with Crippen molar-refractivity contribution in [3.63, 3.8) is 0 Å². The Morgan fingerprint density at radius 1 is 1.52 bits per heavy atom. The molecule has 5 nitrogen and oxygen atoms in total. The van der Waals surface area contributed by atoms with Crippen LogP contribution in [0.15, 0.2) is 18.2 Å². The molecule has 1 aromatic rings. The molecule has 2 unspecified atom stereocenters. The van der Waals surface area contributed by atoms with Crippen LogP contribution >= 0.6 is 0 Å². The number of nitrogens with one attached hydrogen (secondary N) is 1. The van der Waals surface area contributed by atoms with E-state index in [0.29, 0.717) is 0 Å². The summed E-state index contributed by atoms with van der Waals surface area (Å²) in [4.78, 5) is 13.1. The SMILES string of the molecule is CC1CN(C(N)=O)C(C)(c2ccc(C#N)c(C(F)(F)F)c2)CN1. The maximum absolute atomic E-state index is 13.2. The maximum atomic E-state index is 13.2. The number of nitrogens with two attached hydrogens (primary N) is 1. The van der Waals surface area contributed by atoms with Gasteiger partial charge in [0.2, 0.25) is 0 Å². The quantitative estimate of drug-likeness (QED) is 0.830. The van der Waals surface area contributed by atoms with Crippen molar-refractivity contribution in [1.82, 2.24) is 10.2 Å². The van der Waals surface area contributed by atoms with Crippen molar-refractivity contribution < 1.29 is 18.0 Å². The van der Waals surface area contributed by atoms with Crippen LogP contribution in [0.2, 0.25) is 0 Å². The fourth-order valence-electron chi connectivity index (χ4n) is 2.81. The lowest BCUT2D eigenvalue weighted by molar-refractivity contribution is -0.137. The zero-order valence-corrected chi connectivity index (χ0v) is 12.7. The van der Waals surface area contributed by atoms with Crippen molar-refractivity contribution in [2.45, 2.75) is 31.6 Å². The van der Waals surface area contributed by atoms with Gasteiger partial charge < -0.3 is 16.0 Å². The molecular formula is C15H17F3N4O. The van der Waals surface area contributed by atoms with Crippen LogP contribution in [0.1, 0.15) is 30.5 Å². The number of nitriles is 1. The lowest BCUT2D eigenvalue weighted by atomic mass is 9.85. The number of halogens is 3. The number of benzene rings is 1. The van der Waals surface area contributed by atoms with Gasteiger partial charge in [-0.25, -0.2) is 4.79 Å². The predicted octanol–water partition coefficient (Wildman–Crippen LogP) is 2.16. The van der Waals surface area contributed by atoms with Crippen LogP contribution in [0.25, 0.3) is 0 Å². The lowest BCUT2D eigenvalue weighted by Crippen LogP contribution is -2.63. The molecule has 1 saturated heterocycles. The van der Waals surface area contributed by atoms with Crippen LogP contribution in [0, 0.1) is 11.3 Å². The van der Waals surface area contributed by atoms with E-state index in [2.05, 4.69) is 5.32 Å². The molecular weight excluding hydrogens is 309 g/mol. The Kier molecular flexibility index (Phi) is 4.26. The molecule has 0 saturated carbocycles. The van der Waals surface area contributed by atoms with Crippen molar-refractivity contribution in [1.29, 1.82) is 5.26 Å². The first-order valence-electron chi connectivity index (χ1n) is 7.02. The zero-order chi connectivity index (χ0) is 17.4. The van der Waals surface area contributed by atoms with Gasteiger partial charge in [-0.3, -0.25) is 0 Å². The summed E-state index contributed by atoms with van der Waals surface area (Å²) < 4.78 is 39.5. The van der Waals surface area contributed by atoms with E-state index in [4.69, 9.17) is 11.0 Å². The van der Waals surface area contributed by atoms with Gasteiger partial charge in [0.15, 0.2) is 0 Å². The normalized spacial score (nSPS) is 25.0. The van der Waals surface area contributed by atoms with Gasteiger partial charge in [-0.1, -0.05) is 6.07 Å². The minimum atomic E-state index is -4.65. The van der Waals surface area contributed by atoms with E-state index in [9.17, 15) is 18.0 Å².